The third kappa shape index (κ3) is 21.9. The molecule has 0 spiro atoms. The van der Waals surface area contributed by atoms with Crippen LogP contribution in [0.2, 0.25) is 0 Å². The molecule has 4 amide bonds. The van der Waals surface area contributed by atoms with Crippen LogP contribution in [0, 0.1) is 4.91 Å². The lowest BCUT2D eigenvalue weighted by Gasteiger charge is -2.01. The molecule has 0 saturated heterocycles. The molecule has 6 aromatic heterocycles. The first kappa shape index (κ1) is 57.9. The number of anilines is 8. The number of carbonyl (C=O) groups is 4. The number of hydrogen-bond donors (Lipinski definition) is 14. The Bertz CT molecular complexity index is 2060. The minimum atomic E-state index is -0.341. The number of aromatic nitrogens is 12. The summed E-state index contributed by atoms with van der Waals surface area (Å²) in [5.74, 6) is 22.6. The van der Waals surface area contributed by atoms with Crippen molar-refractivity contribution in [3.05, 3.63) is 60.3 Å². The highest BCUT2D eigenvalue weighted by molar-refractivity contribution is 5.91. The van der Waals surface area contributed by atoms with Crippen LogP contribution in [0.5, 0.6) is 0 Å². The highest BCUT2D eigenvalue weighted by atomic mass is 16.3. The van der Waals surface area contributed by atoms with Crippen LogP contribution in [0.3, 0.4) is 0 Å². The summed E-state index contributed by atoms with van der Waals surface area (Å²) in [6.07, 6.45) is 8.62. The summed E-state index contributed by atoms with van der Waals surface area (Å²) in [6.45, 7) is 5.52. The SMILES string of the molecule is C.C.C.C.CC(=O)Nc1c(N)cnn1N.CC(=O)Nc1c(N=O)cnn1N.CC(=O)Nc1ccn[nH]1.CC(=O)Nc1ccnn1N.Nc1ccn[nH]1.Nc1cnn(N)c1N. The van der Waals surface area contributed by atoms with E-state index in [1.165, 1.54) is 46.3 Å². The van der Waals surface area contributed by atoms with E-state index in [9.17, 15) is 24.1 Å². The van der Waals surface area contributed by atoms with Gasteiger partial charge in [-0.25, -0.2) is 0 Å². The van der Waals surface area contributed by atoms with E-state index in [1.54, 1.807) is 30.6 Å². The molecule has 0 radical (unpaired) electrons. The van der Waals surface area contributed by atoms with Gasteiger partial charge < -0.3 is 67.6 Å². The Kier molecular flexibility index (Phi) is 28.4. The van der Waals surface area contributed by atoms with Crippen molar-refractivity contribution in [2.45, 2.75) is 57.4 Å². The molecular weight excluding hydrogens is 790 g/mol. The predicted molar refractivity (Wildman–Crippen MR) is 234 cm³/mol. The van der Waals surface area contributed by atoms with E-state index < -0.39 is 0 Å². The fourth-order valence-electron chi connectivity index (χ4n) is 3.14. The summed E-state index contributed by atoms with van der Waals surface area (Å²) in [5.41, 5.74) is 21.8. The highest BCUT2D eigenvalue weighted by Gasteiger charge is 2.10. The minimum Gasteiger partial charge on any atom is -0.394 e. The predicted octanol–water partition coefficient (Wildman–Crippen LogP) is 0.312. The third-order valence-corrected chi connectivity index (χ3v) is 5.46. The average Bonchev–Trinajstić information content (AvgIpc) is 4.01. The van der Waals surface area contributed by atoms with E-state index in [4.69, 9.17) is 46.3 Å². The lowest BCUT2D eigenvalue weighted by atomic mass is 10.5. The Morgan fingerprint density at radius 1 is 0.567 bits per heavy atom. The second kappa shape index (κ2) is 29.4. The van der Waals surface area contributed by atoms with Gasteiger partial charge in [0.1, 0.15) is 11.6 Å². The molecule has 0 atom stereocenters. The molecule has 0 aliphatic heterocycles. The van der Waals surface area contributed by atoms with Crippen LogP contribution >= 0.6 is 0 Å². The monoisotopic (exact) mass is 850 g/mol. The maximum absolute atomic E-state index is 10.6. The first-order valence-corrected chi connectivity index (χ1v) is 15.1. The number of hydrogen-bond acceptors (Lipinski definition) is 20. The van der Waals surface area contributed by atoms with Crippen LogP contribution in [-0.4, -0.2) is 83.6 Å². The molecule has 0 aliphatic carbocycles. The number of aromatic amines is 2. The largest absolute Gasteiger partial charge is 0.394 e. The standard InChI is InChI=1S/C5H7N5O2.C5H9N5O.C5H8N4O.C5H7N3O.C3H7N5.C3H5N3.4CH4/c1-3(11)8-5-4(9-12)2-7-10(5)6;1-3(11)9-5-4(6)2-8-10(5)7;1-4(10)8-5-2-3-7-9(5)6;1-4(9)7-5-2-3-6-8-5;4-2-1-7-8(6)3(2)5;4-3-1-2-5-6-3;;;;/h2H,6H2,1H3,(H,8,11);2H,6-7H2,1H3,(H,9,11);2-3H,6H2,1H3,(H,8,10);2-3H,1H3,(H2,6,7,8,9);1H,4-6H2;1-2H,(H3,4,5,6);4*1H4. The summed E-state index contributed by atoms with van der Waals surface area (Å²) in [4.78, 5) is 56.1. The third-order valence-electron chi connectivity index (χ3n) is 5.46. The number of amides is 4. The molecule has 0 fully saturated rings. The summed E-state index contributed by atoms with van der Waals surface area (Å²) in [6, 6.07) is 4.99. The second-order valence-electron chi connectivity index (χ2n) is 10.1. The zero-order valence-corrected chi connectivity index (χ0v) is 30.3. The summed E-state index contributed by atoms with van der Waals surface area (Å²) >= 11 is 0. The normalized spacial score (nSPS) is 8.67. The van der Waals surface area contributed by atoms with Crippen LogP contribution in [0.4, 0.5) is 52.0 Å². The van der Waals surface area contributed by atoms with Crippen molar-refractivity contribution in [3.8, 4) is 0 Å². The molecule has 6 aromatic rings. The van der Waals surface area contributed by atoms with E-state index in [-0.39, 0.29) is 64.8 Å². The molecule has 0 aliphatic rings. The van der Waals surface area contributed by atoms with Gasteiger partial charge >= 0.3 is 0 Å². The number of H-pyrrole nitrogens is 2. The number of nitrogen functional groups attached to an aromatic ring is 8. The maximum Gasteiger partial charge on any atom is 0.222 e. The number of nitrogens with one attached hydrogen (secondary N) is 6. The molecule has 30 heteroatoms. The molecule has 0 unspecified atom stereocenters. The van der Waals surface area contributed by atoms with Gasteiger partial charge in [-0.3, -0.25) is 29.4 Å². The van der Waals surface area contributed by atoms with Crippen LogP contribution in [0.1, 0.15) is 57.4 Å². The Labute approximate surface area is 345 Å². The van der Waals surface area contributed by atoms with E-state index in [0.29, 0.717) is 40.5 Å². The maximum atomic E-state index is 10.6. The fourth-order valence-corrected chi connectivity index (χ4v) is 3.14. The van der Waals surface area contributed by atoms with Crippen LogP contribution in [0.15, 0.2) is 60.6 Å². The zero-order valence-electron chi connectivity index (χ0n) is 30.3. The Morgan fingerprint density at radius 3 is 1.38 bits per heavy atom. The molecule has 0 saturated carbocycles. The molecule has 0 aromatic carbocycles. The van der Waals surface area contributed by atoms with Crippen molar-refractivity contribution in [2.75, 3.05) is 67.6 Å². The van der Waals surface area contributed by atoms with Crippen LogP contribution < -0.4 is 67.6 Å². The quantitative estimate of drug-likeness (QED) is 0.0819. The molecule has 6 heterocycles. The smallest absolute Gasteiger partial charge is 0.222 e. The summed E-state index contributed by atoms with van der Waals surface area (Å²) in [7, 11) is 0. The fraction of sp³-hybridized carbons (Fsp3) is 0.267. The van der Waals surface area contributed by atoms with Crippen molar-refractivity contribution in [1.29, 1.82) is 0 Å². The molecule has 334 valence electrons. The van der Waals surface area contributed by atoms with Gasteiger partial charge in [0.05, 0.1) is 48.6 Å². The van der Waals surface area contributed by atoms with Gasteiger partial charge in [-0.2, -0.15) is 49.8 Å². The Hall–Kier alpha value is -8.86. The summed E-state index contributed by atoms with van der Waals surface area (Å²) < 4.78 is 0. The van der Waals surface area contributed by atoms with Crippen molar-refractivity contribution < 1.29 is 19.2 Å². The van der Waals surface area contributed by atoms with E-state index in [1.807, 2.05) is 0 Å². The Morgan fingerprint density at radius 2 is 1.05 bits per heavy atom. The van der Waals surface area contributed by atoms with Crippen molar-refractivity contribution in [2.24, 2.45) is 5.18 Å². The van der Waals surface area contributed by atoms with Gasteiger partial charge in [0.15, 0.2) is 29.0 Å². The lowest BCUT2D eigenvalue weighted by Crippen LogP contribution is -2.18. The highest BCUT2D eigenvalue weighted by Crippen LogP contribution is 2.21. The molecule has 6 rings (SSSR count). The second-order valence-corrected chi connectivity index (χ2v) is 10.1. The van der Waals surface area contributed by atoms with Gasteiger partial charge in [0, 0.05) is 39.8 Å². The number of rotatable bonds is 5. The molecule has 22 N–H and O–H groups in total. The first-order chi connectivity index (χ1) is 26.4. The number of nitroso groups, excluding NO2 is 1. The first-order valence-electron chi connectivity index (χ1n) is 15.1. The van der Waals surface area contributed by atoms with E-state index >= 15 is 0 Å². The molecule has 60 heavy (non-hydrogen) atoms. The van der Waals surface area contributed by atoms with Gasteiger partial charge in [-0.1, -0.05) is 29.7 Å². The van der Waals surface area contributed by atoms with Crippen LogP contribution in [0.25, 0.3) is 0 Å². The van der Waals surface area contributed by atoms with Crippen molar-refractivity contribution in [3.63, 3.8) is 0 Å². The Balaban J connectivity index is -0.000000312. The van der Waals surface area contributed by atoms with Gasteiger partial charge in [0.25, 0.3) is 0 Å². The zero-order chi connectivity index (χ0) is 42.4. The lowest BCUT2D eigenvalue weighted by molar-refractivity contribution is -0.115. The molecule has 30 nitrogen and oxygen atoms in total. The van der Waals surface area contributed by atoms with Crippen molar-refractivity contribution >= 4 is 75.6 Å². The molecule has 0 bridgehead atoms. The minimum absolute atomic E-state index is 0. The topological polar surface area (TPSA) is 483 Å². The van der Waals surface area contributed by atoms with Gasteiger partial charge in [-0.15, -0.1) is 4.91 Å². The number of nitrogens with zero attached hydrogens (tertiary/aromatic N) is 11. The average molecular weight is 850 g/mol. The van der Waals surface area contributed by atoms with Gasteiger partial charge in [-0.05, 0) is 11.2 Å². The number of nitrogens with two attached hydrogens (primary N) is 8. The van der Waals surface area contributed by atoms with Crippen LogP contribution in [-0.2, 0) is 19.2 Å². The van der Waals surface area contributed by atoms with Gasteiger partial charge in [0.2, 0.25) is 23.6 Å². The van der Waals surface area contributed by atoms with E-state index in [0.717, 1.165) is 25.4 Å². The van der Waals surface area contributed by atoms with Crippen molar-refractivity contribution in [1.82, 2.24) is 60.0 Å². The van der Waals surface area contributed by atoms with E-state index in [2.05, 4.69) is 67.2 Å². The molecular formula is C30H59N25O5. The summed E-state index contributed by atoms with van der Waals surface area (Å²) in [5, 5.41) is 39.1. The number of carbonyl (C=O) groups excluding carboxylic acids is 4.